The lowest BCUT2D eigenvalue weighted by molar-refractivity contribution is -0.151. The lowest BCUT2D eigenvalue weighted by Crippen LogP contribution is -2.40. The van der Waals surface area contributed by atoms with Crippen LogP contribution < -0.4 is 4.18 Å². The molecule has 7 heteroatoms. The fraction of sp³-hybridized carbons (Fsp3) is 0.417. The van der Waals surface area contributed by atoms with Crippen LogP contribution in [0.2, 0.25) is 0 Å². The third-order valence-corrected chi connectivity index (χ3v) is 3.24. The van der Waals surface area contributed by atoms with E-state index in [0.29, 0.717) is 18.7 Å². The second kappa shape index (κ2) is 5.18. The summed E-state index contributed by atoms with van der Waals surface area (Å²) in [6.07, 6.45) is 0.343. The van der Waals surface area contributed by atoms with Crippen LogP contribution in [0.5, 0.6) is 5.75 Å². The predicted molar refractivity (Wildman–Crippen MR) is 68.2 cm³/mol. The molecule has 1 saturated heterocycles. The summed E-state index contributed by atoms with van der Waals surface area (Å²) in [4.78, 5) is 13.5. The number of likely N-dealkylation sites (N-methyl/N-ethyl adjacent to an activating group) is 1. The van der Waals surface area contributed by atoms with E-state index in [1.54, 1.807) is 24.1 Å². The van der Waals surface area contributed by atoms with Gasteiger partial charge in [-0.05, 0) is 17.7 Å². The molecule has 1 aliphatic heterocycles. The number of hydrogen-bond acceptors (Lipinski definition) is 5. The smallest absolute Gasteiger partial charge is 0.306 e. The van der Waals surface area contributed by atoms with Crippen LogP contribution in [0.25, 0.3) is 0 Å². The number of amides is 1. The van der Waals surface area contributed by atoms with Crippen molar-refractivity contribution in [3.05, 3.63) is 29.8 Å². The minimum absolute atomic E-state index is 0.108. The predicted octanol–water partition coefficient (Wildman–Crippen LogP) is 0.555. The van der Waals surface area contributed by atoms with Crippen molar-refractivity contribution < 1.29 is 22.1 Å². The van der Waals surface area contributed by atoms with Crippen molar-refractivity contribution in [2.24, 2.45) is 0 Å². The maximum Gasteiger partial charge on any atom is 0.306 e. The first-order valence-electron chi connectivity index (χ1n) is 5.73. The Labute approximate surface area is 112 Å². The van der Waals surface area contributed by atoms with Crippen LogP contribution in [-0.4, -0.2) is 45.7 Å². The van der Waals surface area contributed by atoms with Crippen molar-refractivity contribution in [3.8, 4) is 5.75 Å². The summed E-state index contributed by atoms with van der Waals surface area (Å²) in [5.41, 5.74) is 0.678. The van der Waals surface area contributed by atoms with Crippen LogP contribution in [0.3, 0.4) is 0 Å². The van der Waals surface area contributed by atoms with Crippen LogP contribution in [0.1, 0.15) is 11.7 Å². The van der Waals surface area contributed by atoms with Gasteiger partial charge in [0.25, 0.3) is 5.91 Å². The summed E-state index contributed by atoms with van der Waals surface area (Å²) < 4.78 is 32.1. The van der Waals surface area contributed by atoms with Crippen molar-refractivity contribution in [2.45, 2.75) is 6.10 Å². The molecule has 1 unspecified atom stereocenters. The number of ether oxygens (including phenoxy) is 1. The van der Waals surface area contributed by atoms with Gasteiger partial charge in [0.2, 0.25) is 0 Å². The Balaban J connectivity index is 2.16. The molecule has 0 aliphatic carbocycles. The van der Waals surface area contributed by atoms with Gasteiger partial charge in [-0.3, -0.25) is 4.79 Å². The highest BCUT2D eigenvalue weighted by Crippen LogP contribution is 2.25. The van der Waals surface area contributed by atoms with E-state index in [1.165, 1.54) is 12.1 Å². The van der Waals surface area contributed by atoms with Crippen molar-refractivity contribution >= 4 is 16.0 Å². The number of benzene rings is 1. The van der Waals surface area contributed by atoms with Gasteiger partial charge in [-0.2, -0.15) is 8.42 Å². The van der Waals surface area contributed by atoms with E-state index < -0.39 is 16.2 Å². The number of carbonyl (C=O) groups is 1. The normalized spacial score (nSPS) is 20.4. The summed E-state index contributed by atoms with van der Waals surface area (Å²) in [7, 11) is -1.82. The highest BCUT2D eigenvalue weighted by atomic mass is 32.2. The van der Waals surface area contributed by atoms with Crippen molar-refractivity contribution in [1.29, 1.82) is 0 Å². The molecule has 0 bridgehead atoms. The van der Waals surface area contributed by atoms with Crippen molar-refractivity contribution in [3.63, 3.8) is 0 Å². The van der Waals surface area contributed by atoms with Gasteiger partial charge in [0, 0.05) is 13.6 Å². The fourth-order valence-corrected chi connectivity index (χ4v) is 2.26. The van der Waals surface area contributed by atoms with Gasteiger partial charge < -0.3 is 13.8 Å². The zero-order valence-corrected chi connectivity index (χ0v) is 11.5. The fourth-order valence-electron chi connectivity index (χ4n) is 1.80. The van der Waals surface area contributed by atoms with Gasteiger partial charge in [0.05, 0.1) is 12.9 Å². The molecule has 0 radical (unpaired) electrons. The Bertz CT molecular complexity index is 566. The van der Waals surface area contributed by atoms with Gasteiger partial charge in [-0.15, -0.1) is 0 Å². The highest BCUT2D eigenvalue weighted by molar-refractivity contribution is 7.86. The van der Waals surface area contributed by atoms with Crippen LogP contribution in [0.15, 0.2) is 24.3 Å². The topological polar surface area (TPSA) is 72.9 Å². The summed E-state index contributed by atoms with van der Waals surface area (Å²) >= 11 is 0. The highest BCUT2D eigenvalue weighted by Gasteiger charge is 2.28. The molecule has 1 aromatic rings. The molecule has 19 heavy (non-hydrogen) atoms. The lowest BCUT2D eigenvalue weighted by Gasteiger charge is -2.29. The van der Waals surface area contributed by atoms with E-state index in [9.17, 15) is 13.2 Å². The minimum atomic E-state index is -3.54. The van der Waals surface area contributed by atoms with Gasteiger partial charge in [-0.25, -0.2) is 0 Å². The molecule has 0 N–H and O–H groups in total. The zero-order valence-electron chi connectivity index (χ0n) is 10.7. The Kier molecular flexibility index (Phi) is 3.77. The Morgan fingerprint density at radius 1 is 1.32 bits per heavy atom. The first-order valence-corrected chi connectivity index (χ1v) is 7.54. The van der Waals surface area contributed by atoms with E-state index in [1.807, 2.05) is 0 Å². The quantitative estimate of drug-likeness (QED) is 0.759. The molecule has 1 heterocycles. The molecule has 2 rings (SSSR count). The van der Waals surface area contributed by atoms with E-state index in [4.69, 9.17) is 8.92 Å². The second-order valence-electron chi connectivity index (χ2n) is 4.37. The summed E-state index contributed by atoms with van der Waals surface area (Å²) in [5.74, 6) is 0.103. The summed E-state index contributed by atoms with van der Waals surface area (Å²) in [6, 6.07) is 6.26. The Hall–Kier alpha value is -1.60. The molecule has 1 atom stereocenters. The van der Waals surface area contributed by atoms with E-state index in [-0.39, 0.29) is 11.7 Å². The largest absolute Gasteiger partial charge is 0.383 e. The number of nitrogens with zero attached hydrogens (tertiary/aromatic N) is 1. The Morgan fingerprint density at radius 2 is 1.95 bits per heavy atom. The number of hydrogen-bond donors (Lipinski definition) is 0. The Morgan fingerprint density at radius 3 is 2.53 bits per heavy atom. The molecule has 0 spiro atoms. The SMILES string of the molecule is CN1CCOC(c2ccc(OS(C)(=O)=O)cc2)C1=O. The standard InChI is InChI=1S/C12H15NO5S/c1-13-7-8-17-11(12(13)14)9-3-5-10(6-4-9)18-19(2,15)16/h3-6,11H,7-8H2,1-2H3. The molecule has 1 aliphatic rings. The minimum Gasteiger partial charge on any atom is -0.383 e. The maximum atomic E-state index is 11.9. The molecular formula is C12H15NO5S. The summed E-state index contributed by atoms with van der Waals surface area (Å²) in [5, 5.41) is 0. The molecular weight excluding hydrogens is 270 g/mol. The van der Waals surface area contributed by atoms with E-state index in [0.717, 1.165) is 6.26 Å². The first kappa shape index (κ1) is 13.8. The molecule has 1 amide bonds. The lowest BCUT2D eigenvalue weighted by atomic mass is 10.1. The van der Waals surface area contributed by atoms with Crippen LogP contribution in [0.4, 0.5) is 0 Å². The average molecular weight is 285 g/mol. The second-order valence-corrected chi connectivity index (χ2v) is 5.94. The monoisotopic (exact) mass is 285 g/mol. The third kappa shape index (κ3) is 3.45. The number of morpholine rings is 1. The van der Waals surface area contributed by atoms with Gasteiger partial charge >= 0.3 is 10.1 Å². The van der Waals surface area contributed by atoms with Gasteiger partial charge in [-0.1, -0.05) is 12.1 Å². The van der Waals surface area contributed by atoms with Crippen LogP contribution in [0, 0.1) is 0 Å². The molecule has 0 aromatic heterocycles. The zero-order chi connectivity index (χ0) is 14.0. The van der Waals surface area contributed by atoms with E-state index >= 15 is 0 Å². The van der Waals surface area contributed by atoms with Gasteiger partial charge in [0.15, 0.2) is 6.10 Å². The molecule has 1 fully saturated rings. The van der Waals surface area contributed by atoms with Crippen molar-refractivity contribution in [1.82, 2.24) is 4.90 Å². The van der Waals surface area contributed by atoms with Gasteiger partial charge in [0.1, 0.15) is 5.75 Å². The number of rotatable bonds is 3. The molecule has 104 valence electrons. The summed E-state index contributed by atoms with van der Waals surface area (Å²) in [6.45, 7) is 1.05. The third-order valence-electron chi connectivity index (χ3n) is 2.74. The molecule has 1 aromatic carbocycles. The first-order chi connectivity index (χ1) is 8.87. The van der Waals surface area contributed by atoms with Crippen LogP contribution in [-0.2, 0) is 19.6 Å². The number of carbonyl (C=O) groups excluding carboxylic acids is 1. The maximum absolute atomic E-state index is 11.9. The van der Waals surface area contributed by atoms with Crippen molar-refractivity contribution in [2.75, 3.05) is 26.5 Å². The van der Waals surface area contributed by atoms with Crippen LogP contribution >= 0.6 is 0 Å². The molecule has 6 nitrogen and oxygen atoms in total. The van der Waals surface area contributed by atoms with E-state index in [2.05, 4.69) is 0 Å². The molecule has 0 saturated carbocycles. The average Bonchev–Trinajstić information content (AvgIpc) is 2.32.